The van der Waals surface area contributed by atoms with E-state index in [-0.39, 0.29) is 5.41 Å². The fourth-order valence-electron chi connectivity index (χ4n) is 5.32. The standard InChI is InChI=1S/C32H37N3O2/c1-4-27(21-35(3)20-24-14-8-5-9-15-24)32(2)22-36-31(37-23-32)30-33-28(25-16-10-6-11-17-25)29(34-30)26-18-12-7-13-19-26/h5-19,27,31H,4,20-23H2,1-3H3,(H,33,34). The first-order chi connectivity index (χ1) is 18.1. The highest BCUT2D eigenvalue weighted by Gasteiger charge is 2.40. The number of nitrogens with one attached hydrogen (secondary N) is 1. The Labute approximate surface area is 220 Å². The second kappa shape index (κ2) is 11.4. The van der Waals surface area contributed by atoms with Crippen LogP contribution in [-0.2, 0) is 16.0 Å². The molecule has 5 nitrogen and oxygen atoms in total. The molecule has 0 radical (unpaired) electrons. The van der Waals surface area contributed by atoms with Crippen LogP contribution in [-0.4, -0.2) is 41.7 Å². The number of imidazole rings is 1. The van der Waals surface area contributed by atoms with Crippen LogP contribution in [0.1, 0.15) is 37.9 Å². The molecule has 1 aliphatic heterocycles. The number of hydrogen-bond acceptors (Lipinski definition) is 4. The molecule has 4 aromatic rings. The molecule has 5 heteroatoms. The summed E-state index contributed by atoms with van der Waals surface area (Å²) in [5, 5.41) is 0. The molecule has 1 fully saturated rings. The summed E-state index contributed by atoms with van der Waals surface area (Å²) >= 11 is 0. The maximum Gasteiger partial charge on any atom is 0.217 e. The number of hydrogen-bond donors (Lipinski definition) is 1. The van der Waals surface area contributed by atoms with Crippen LogP contribution in [0.15, 0.2) is 91.0 Å². The Balaban J connectivity index is 1.30. The number of ether oxygens (including phenoxy) is 2. The minimum absolute atomic E-state index is 0.0622. The predicted octanol–water partition coefficient (Wildman–Crippen LogP) is 6.95. The molecule has 2 heterocycles. The molecule has 1 aromatic heterocycles. The van der Waals surface area contributed by atoms with Crippen LogP contribution in [0.4, 0.5) is 0 Å². The quantitative estimate of drug-likeness (QED) is 0.273. The number of benzene rings is 3. The van der Waals surface area contributed by atoms with E-state index in [0.717, 1.165) is 42.0 Å². The van der Waals surface area contributed by atoms with Gasteiger partial charge in [-0.1, -0.05) is 111 Å². The van der Waals surface area contributed by atoms with Crippen molar-refractivity contribution in [1.82, 2.24) is 14.9 Å². The fourth-order valence-corrected chi connectivity index (χ4v) is 5.32. The minimum atomic E-state index is -0.507. The third-order valence-corrected chi connectivity index (χ3v) is 7.49. The summed E-state index contributed by atoms with van der Waals surface area (Å²) in [6, 6.07) is 31.2. The van der Waals surface area contributed by atoms with Gasteiger partial charge in [-0.3, -0.25) is 0 Å². The lowest BCUT2D eigenvalue weighted by molar-refractivity contribution is -0.245. The zero-order chi connectivity index (χ0) is 25.7. The first kappa shape index (κ1) is 25.4. The average molecular weight is 496 g/mol. The van der Waals surface area contributed by atoms with Crippen molar-refractivity contribution in [2.24, 2.45) is 11.3 Å². The molecule has 1 saturated heterocycles. The second-order valence-corrected chi connectivity index (χ2v) is 10.5. The Kier molecular flexibility index (Phi) is 7.85. The van der Waals surface area contributed by atoms with Gasteiger partial charge in [0, 0.05) is 29.6 Å². The lowest BCUT2D eigenvalue weighted by Gasteiger charge is -2.43. The lowest BCUT2D eigenvalue weighted by Crippen LogP contribution is -2.45. The van der Waals surface area contributed by atoms with Crippen molar-refractivity contribution in [3.05, 3.63) is 102 Å². The molecular formula is C32H37N3O2. The smallest absolute Gasteiger partial charge is 0.217 e. The lowest BCUT2D eigenvalue weighted by atomic mass is 9.76. The van der Waals surface area contributed by atoms with Gasteiger partial charge < -0.3 is 19.4 Å². The zero-order valence-corrected chi connectivity index (χ0v) is 22.1. The van der Waals surface area contributed by atoms with E-state index in [1.165, 1.54) is 5.56 Å². The summed E-state index contributed by atoms with van der Waals surface area (Å²) in [5.41, 5.74) is 5.33. The van der Waals surface area contributed by atoms with Crippen LogP contribution >= 0.6 is 0 Å². The van der Waals surface area contributed by atoms with Crippen LogP contribution in [0.25, 0.3) is 22.5 Å². The number of rotatable bonds is 9. The number of nitrogens with zero attached hydrogens (tertiary/aromatic N) is 2. The Morgan fingerprint density at radius 3 is 2.05 bits per heavy atom. The van der Waals surface area contributed by atoms with Crippen molar-refractivity contribution in [2.45, 2.75) is 33.1 Å². The molecule has 37 heavy (non-hydrogen) atoms. The van der Waals surface area contributed by atoms with E-state index < -0.39 is 6.29 Å². The molecule has 1 aliphatic rings. The van der Waals surface area contributed by atoms with Gasteiger partial charge in [-0.25, -0.2) is 4.98 Å². The number of aromatic amines is 1. The summed E-state index contributed by atoms with van der Waals surface area (Å²) in [4.78, 5) is 10.9. The molecule has 1 atom stereocenters. The van der Waals surface area contributed by atoms with Gasteiger partial charge in [0.05, 0.1) is 24.6 Å². The molecule has 0 saturated carbocycles. The molecule has 0 amide bonds. The normalized spacial score (nSPS) is 20.7. The SMILES string of the molecule is CCC(CN(C)Cc1ccccc1)C1(C)COC(c2nc(-c3ccccc3)c(-c3ccccc3)[nH]2)OC1. The number of aromatic nitrogens is 2. The van der Waals surface area contributed by atoms with Crippen molar-refractivity contribution in [3.63, 3.8) is 0 Å². The van der Waals surface area contributed by atoms with Gasteiger partial charge in [0.25, 0.3) is 0 Å². The van der Waals surface area contributed by atoms with Crippen LogP contribution in [0, 0.1) is 11.3 Å². The van der Waals surface area contributed by atoms with Gasteiger partial charge in [-0.15, -0.1) is 0 Å². The topological polar surface area (TPSA) is 50.4 Å². The van der Waals surface area contributed by atoms with Gasteiger partial charge in [-0.05, 0) is 18.5 Å². The van der Waals surface area contributed by atoms with E-state index in [2.05, 4.69) is 85.4 Å². The van der Waals surface area contributed by atoms with E-state index in [4.69, 9.17) is 14.5 Å². The molecule has 0 bridgehead atoms. The van der Waals surface area contributed by atoms with Gasteiger partial charge in [0.2, 0.25) is 6.29 Å². The molecule has 1 N–H and O–H groups in total. The van der Waals surface area contributed by atoms with Crippen molar-refractivity contribution in [1.29, 1.82) is 0 Å². The fraction of sp³-hybridized carbons (Fsp3) is 0.344. The Morgan fingerprint density at radius 2 is 1.46 bits per heavy atom. The van der Waals surface area contributed by atoms with Gasteiger partial charge in [0.15, 0.2) is 5.82 Å². The van der Waals surface area contributed by atoms with Crippen LogP contribution in [0.2, 0.25) is 0 Å². The van der Waals surface area contributed by atoms with Crippen molar-refractivity contribution >= 4 is 0 Å². The number of H-pyrrole nitrogens is 1. The van der Waals surface area contributed by atoms with E-state index in [0.29, 0.717) is 25.0 Å². The molecule has 1 unspecified atom stereocenters. The first-order valence-corrected chi connectivity index (χ1v) is 13.2. The van der Waals surface area contributed by atoms with Crippen molar-refractivity contribution in [3.8, 4) is 22.5 Å². The van der Waals surface area contributed by atoms with Crippen LogP contribution in [0.3, 0.4) is 0 Å². The van der Waals surface area contributed by atoms with Gasteiger partial charge >= 0.3 is 0 Å². The summed E-state index contributed by atoms with van der Waals surface area (Å²) in [5.74, 6) is 1.17. The second-order valence-electron chi connectivity index (χ2n) is 10.5. The summed E-state index contributed by atoms with van der Waals surface area (Å²) in [7, 11) is 2.20. The Bertz CT molecular complexity index is 1190. The third-order valence-electron chi connectivity index (χ3n) is 7.49. The minimum Gasteiger partial charge on any atom is -0.345 e. The molecule has 192 valence electrons. The largest absolute Gasteiger partial charge is 0.345 e. The summed E-state index contributed by atoms with van der Waals surface area (Å²) in [6.07, 6.45) is 0.567. The van der Waals surface area contributed by atoms with Gasteiger partial charge in [-0.2, -0.15) is 0 Å². The molecule has 5 rings (SSSR count). The predicted molar refractivity (Wildman–Crippen MR) is 149 cm³/mol. The molecule has 0 aliphatic carbocycles. The molecular weight excluding hydrogens is 458 g/mol. The van der Waals surface area contributed by atoms with Crippen molar-refractivity contribution in [2.75, 3.05) is 26.8 Å². The summed E-state index contributed by atoms with van der Waals surface area (Å²) < 4.78 is 12.7. The van der Waals surface area contributed by atoms with Crippen LogP contribution < -0.4 is 0 Å². The van der Waals surface area contributed by atoms with Crippen LogP contribution in [0.5, 0.6) is 0 Å². The first-order valence-electron chi connectivity index (χ1n) is 13.2. The Hall–Kier alpha value is -3.25. The zero-order valence-electron chi connectivity index (χ0n) is 22.1. The van der Waals surface area contributed by atoms with Crippen molar-refractivity contribution < 1.29 is 9.47 Å². The molecule has 3 aromatic carbocycles. The van der Waals surface area contributed by atoms with E-state index in [1.54, 1.807) is 0 Å². The maximum absolute atomic E-state index is 6.37. The Morgan fingerprint density at radius 1 is 0.892 bits per heavy atom. The monoisotopic (exact) mass is 495 g/mol. The highest BCUT2D eigenvalue weighted by Crippen LogP contribution is 2.40. The van der Waals surface area contributed by atoms with Gasteiger partial charge in [0.1, 0.15) is 0 Å². The van der Waals surface area contributed by atoms with E-state index in [9.17, 15) is 0 Å². The third kappa shape index (κ3) is 5.85. The van der Waals surface area contributed by atoms with E-state index in [1.807, 2.05) is 36.4 Å². The maximum atomic E-state index is 6.37. The molecule has 0 spiro atoms. The summed E-state index contributed by atoms with van der Waals surface area (Å²) in [6.45, 7) is 7.77. The highest BCUT2D eigenvalue weighted by atomic mass is 16.7. The van der Waals surface area contributed by atoms with E-state index >= 15 is 0 Å². The highest BCUT2D eigenvalue weighted by molar-refractivity contribution is 5.78. The average Bonchev–Trinajstić information content (AvgIpc) is 3.39.